The van der Waals surface area contributed by atoms with Gasteiger partial charge in [-0.1, -0.05) is 43.7 Å². The van der Waals surface area contributed by atoms with Gasteiger partial charge in [0, 0.05) is 18.9 Å². The van der Waals surface area contributed by atoms with Gasteiger partial charge in [-0.2, -0.15) is 0 Å². The van der Waals surface area contributed by atoms with Gasteiger partial charge in [-0.15, -0.1) is 0 Å². The molecule has 1 unspecified atom stereocenters. The fraction of sp³-hybridized carbons (Fsp3) is 0.333. The van der Waals surface area contributed by atoms with Crippen molar-refractivity contribution in [2.45, 2.75) is 32.4 Å². The van der Waals surface area contributed by atoms with Crippen molar-refractivity contribution < 1.29 is 5.11 Å². The zero-order valence-electron chi connectivity index (χ0n) is 10.2. The highest BCUT2D eigenvalue weighted by Gasteiger charge is 2.07. The molecular formula is C15H19NO. The first-order valence-electron chi connectivity index (χ1n) is 6.17. The normalized spacial score (nSPS) is 12.6. The third-order valence-corrected chi connectivity index (χ3v) is 2.93. The predicted octanol–water partition coefficient (Wildman–Crippen LogP) is 3.37. The van der Waals surface area contributed by atoms with Gasteiger partial charge in [-0.3, -0.25) is 0 Å². The summed E-state index contributed by atoms with van der Waals surface area (Å²) in [5.41, 5.74) is 2.29. The zero-order chi connectivity index (χ0) is 12.1. The van der Waals surface area contributed by atoms with Gasteiger partial charge in [0.1, 0.15) is 0 Å². The topological polar surface area (TPSA) is 25.2 Å². The molecule has 0 amide bonds. The molecule has 0 saturated heterocycles. The van der Waals surface area contributed by atoms with Crippen LogP contribution in [0.3, 0.4) is 0 Å². The third-order valence-electron chi connectivity index (χ3n) is 2.93. The summed E-state index contributed by atoms with van der Waals surface area (Å²) in [7, 11) is 0. The van der Waals surface area contributed by atoms with Crippen LogP contribution in [0.25, 0.3) is 0 Å². The van der Waals surface area contributed by atoms with Crippen LogP contribution >= 0.6 is 0 Å². The molecule has 90 valence electrons. The lowest BCUT2D eigenvalue weighted by Gasteiger charge is -2.06. The van der Waals surface area contributed by atoms with E-state index in [0.29, 0.717) is 0 Å². The van der Waals surface area contributed by atoms with Crippen LogP contribution in [-0.2, 0) is 6.54 Å². The molecule has 1 N–H and O–H groups in total. The van der Waals surface area contributed by atoms with Crippen molar-refractivity contribution in [1.29, 1.82) is 0 Å². The standard InChI is InChI=1S/C15H19NO/c1-2-6-15(17)14-9-10-16(12-14)11-13-7-4-3-5-8-13/h3-5,7-10,12,15,17H,2,6,11H2,1H3. The van der Waals surface area contributed by atoms with Gasteiger partial charge in [0.2, 0.25) is 0 Å². The Bertz CT molecular complexity index is 447. The summed E-state index contributed by atoms with van der Waals surface area (Å²) in [5.74, 6) is 0. The van der Waals surface area contributed by atoms with E-state index in [1.807, 2.05) is 36.7 Å². The van der Waals surface area contributed by atoms with Crippen molar-refractivity contribution in [2.24, 2.45) is 0 Å². The van der Waals surface area contributed by atoms with E-state index in [-0.39, 0.29) is 6.10 Å². The summed E-state index contributed by atoms with van der Waals surface area (Å²) < 4.78 is 2.11. The Morgan fingerprint density at radius 2 is 1.94 bits per heavy atom. The lowest BCUT2D eigenvalue weighted by atomic mass is 10.1. The molecule has 17 heavy (non-hydrogen) atoms. The molecule has 0 saturated carbocycles. The van der Waals surface area contributed by atoms with Crippen LogP contribution in [0.4, 0.5) is 0 Å². The van der Waals surface area contributed by atoms with E-state index in [0.717, 1.165) is 24.9 Å². The number of hydrogen-bond acceptors (Lipinski definition) is 1. The number of aliphatic hydroxyl groups excluding tert-OH is 1. The highest BCUT2D eigenvalue weighted by atomic mass is 16.3. The van der Waals surface area contributed by atoms with Crippen LogP contribution in [-0.4, -0.2) is 9.67 Å². The third kappa shape index (κ3) is 3.21. The van der Waals surface area contributed by atoms with Gasteiger partial charge in [0.15, 0.2) is 0 Å². The Kier molecular flexibility index (Phi) is 3.99. The summed E-state index contributed by atoms with van der Waals surface area (Å²) in [4.78, 5) is 0. The zero-order valence-corrected chi connectivity index (χ0v) is 10.2. The Morgan fingerprint density at radius 1 is 1.18 bits per heavy atom. The highest BCUT2D eigenvalue weighted by molar-refractivity contribution is 5.18. The maximum Gasteiger partial charge on any atom is 0.0804 e. The minimum Gasteiger partial charge on any atom is -0.388 e. The molecule has 0 fully saturated rings. The van der Waals surface area contributed by atoms with E-state index in [9.17, 15) is 5.11 Å². The first-order valence-corrected chi connectivity index (χ1v) is 6.17. The van der Waals surface area contributed by atoms with E-state index in [2.05, 4.69) is 23.6 Å². The molecule has 1 aromatic heterocycles. The van der Waals surface area contributed by atoms with E-state index in [1.54, 1.807) is 0 Å². The van der Waals surface area contributed by atoms with Crippen molar-refractivity contribution in [3.63, 3.8) is 0 Å². The second-order valence-corrected chi connectivity index (χ2v) is 4.41. The van der Waals surface area contributed by atoms with Crippen LogP contribution in [0, 0.1) is 0 Å². The Labute approximate surface area is 103 Å². The first-order chi connectivity index (χ1) is 8.29. The molecule has 2 nitrogen and oxygen atoms in total. The molecule has 0 aliphatic rings. The lowest BCUT2D eigenvalue weighted by molar-refractivity contribution is 0.166. The lowest BCUT2D eigenvalue weighted by Crippen LogP contribution is -1.98. The summed E-state index contributed by atoms with van der Waals surface area (Å²) in [6, 6.07) is 12.3. The van der Waals surface area contributed by atoms with Gasteiger partial charge in [-0.25, -0.2) is 0 Å². The number of nitrogens with zero attached hydrogens (tertiary/aromatic N) is 1. The smallest absolute Gasteiger partial charge is 0.0804 e. The Balaban J connectivity index is 2.04. The highest BCUT2D eigenvalue weighted by Crippen LogP contribution is 2.18. The van der Waals surface area contributed by atoms with Crippen molar-refractivity contribution in [1.82, 2.24) is 4.57 Å². The van der Waals surface area contributed by atoms with Crippen molar-refractivity contribution in [3.8, 4) is 0 Å². The number of aliphatic hydroxyl groups is 1. The van der Waals surface area contributed by atoms with Gasteiger partial charge < -0.3 is 9.67 Å². The second kappa shape index (κ2) is 5.69. The minimum atomic E-state index is -0.322. The Morgan fingerprint density at radius 3 is 2.65 bits per heavy atom. The maximum absolute atomic E-state index is 9.89. The summed E-state index contributed by atoms with van der Waals surface area (Å²) in [5, 5.41) is 9.89. The molecule has 0 bridgehead atoms. The predicted molar refractivity (Wildman–Crippen MR) is 69.8 cm³/mol. The monoisotopic (exact) mass is 229 g/mol. The largest absolute Gasteiger partial charge is 0.388 e. The average Bonchev–Trinajstić information content (AvgIpc) is 2.79. The van der Waals surface area contributed by atoms with Gasteiger partial charge in [-0.05, 0) is 23.6 Å². The molecule has 0 aliphatic heterocycles. The van der Waals surface area contributed by atoms with Crippen molar-refractivity contribution in [3.05, 3.63) is 59.9 Å². The summed E-state index contributed by atoms with van der Waals surface area (Å²) in [6.45, 7) is 2.95. The minimum absolute atomic E-state index is 0.322. The molecular weight excluding hydrogens is 210 g/mol. The van der Waals surface area contributed by atoms with Gasteiger partial charge >= 0.3 is 0 Å². The van der Waals surface area contributed by atoms with Crippen LogP contribution in [0.1, 0.15) is 37.0 Å². The summed E-state index contributed by atoms with van der Waals surface area (Å²) in [6.07, 6.45) is 5.58. The first kappa shape index (κ1) is 11.9. The van der Waals surface area contributed by atoms with Crippen molar-refractivity contribution >= 4 is 0 Å². The molecule has 2 rings (SSSR count). The molecule has 1 heterocycles. The molecule has 1 aromatic carbocycles. The Hall–Kier alpha value is -1.54. The van der Waals surface area contributed by atoms with E-state index in [4.69, 9.17) is 0 Å². The van der Waals surface area contributed by atoms with Gasteiger partial charge in [0.05, 0.1) is 6.10 Å². The molecule has 2 aromatic rings. The van der Waals surface area contributed by atoms with Crippen LogP contribution < -0.4 is 0 Å². The van der Waals surface area contributed by atoms with E-state index in [1.165, 1.54) is 5.56 Å². The molecule has 1 atom stereocenters. The fourth-order valence-corrected chi connectivity index (χ4v) is 1.99. The number of rotatable bonds is 5. The maximum atomic E-state index is 9.89. The summed E-state index contributed by atoms with van der Waals surface area (Å²) >= 11 is 0. The van der Waals surface area contributed by atoms with Gasteiger partial charge in [0.25, 0.3) is 0 Å². The quantitative estimate of drug-likeness (QED) is 0.835. The van der Waals surface area contributed by atoms with E-state index < -0.39 is 0 Å². The van der Waals surface area contributed by atoms with E-state index >= 15 is 0 Å². The fourth-order valence-electron chi connectivity index (χ4n) is 1.99. The molecule has 2 heteroatoms. The SMILES string of the molecule is CCCC(O)c1ccn(Cc2ccccc2)c1. The second-order valence-electron chi connectivity index (χ2n) is 4.41. The van der Waals surface area contributed by atoms with Crippen LogP contribution in [0.5, 0.6) is 0 Å². The van der Waals surface area contributed by atoms with Crippen LogP contribution in [0.15, 0.2) is 48.8 Å². The van der Waals surface area contributed by atoms with Crippen molar-refractivity contribution in [2.75, 3.05) is 0 Å². The molecule has 0 aliphatic carbocycles. The molecule has 0 spiro atoms. The van der Waals surface area contributed by atoms with Crippen LogP contribution in [0.2, 0.25) is 0 Å². The molecule has 0 radical (unpaired) electrons. The number of benzene rings is 1. The average molecular weight is 229 g/mol. The number of aromatic nitrogens is 1. The number of hydrogen-bond donors (Lipinski definition) is 1.